The van der Waals surface area contributed by atoms with Gasteiger partial charge in [0.25, 0.3) is 0 Å². The number of benzene rings is 1. The van der Waals surface area contributed by atoms with Gasteiger partial charge in [-0.05, 0) is 48.3 Å². The molecule has 0 atom stereocenters. The Morgan fingerprint density at radius 3 is 2.57 bits per heavy atom. The van der Waals surface area contributed by atoms with Crippen molar-refractivity contribution in [2.45, 2.75) is 25.8 Å². The molecule has 0 bridgehead atoms. The Hall–Kier alpha value is -0.540. The molecule has 78 valence electrons. The summed E-state index contributed by atoms with van der Waals surface area (Å²) in [7, 11) is 0. The summed E-state index contributed by atoms with van der Waals surface area (Å²) >= 11 is 3.42. The highest BCUT2D eigenvalue weighted by molar-refractivity contribution is 9.10. The summed E-state index contributed by atoms with van der Waals surface area (Å²) in [6.45, 7) is 4.64. The zero-order valence-corrected chi connectivity index (χ0v) is 10.2. The highest BCUT2D eigenvalue weighted by Crippen LogP contribution is 2.24. The maximum absolute atomic E-state index is 5.85. The molecule has 0 radical (unpaired) electrons. The molecule has 0 aliphatic rings. The van der Waals surface area contributed by atoms with Crippen molar-refractivity contribution in [3.05, 3.63) is 28.7 Å². The first kappa shape index (κ1) is 11.5. The van der Waals surface area contributed by atoms with Crippen molar-refractivity contribution in [2.24, 2.45) is 5.73 Å². The van der Waals surface area contributed by atoms with Gasteiger partial charge in [-0.1, -0.05) is 12.1 Å². The minimum absolute atomic E-state index is 0.165. The van der Waals surface area contributed by atoms with Gasteiger partial charge in [-0.15, -0.1) is 0 Å². The summed E-state index contributed by atoms with van der Waals surface area (Å²) in [5, 5.41) is 0. The van der Waals surface area contributed by atoms with E-state index in [-0.39, 0.29) is 5.54 Å². The molecule has 0 amide bonds. The van der Waals surface area contributed by atoms with Crippen LogP contribution >= 0.6 is 15.9 Å². The molecular weight excluding hydrogens is 242 g/mol. The summed E-state index contributed by atoms with van der Waals surface area (Å²) in [6.07, 6.45) is 0.842. The Morgan fingerprint density at radius 2 is 2.00 bits per heavy atom. The highest BCUT2D eigenvalue weighted by atomic mass is 79.9. The van der Waals surface area contributed by atoms with E-state index in [1.54, 1.807) is 0 Å². The van der Waals surface area contributed by atoms with Crippen LogP contribution in [0.25, 0.3) is 0 Å². The lowest BCUT2D eigenvalue weighted by atomic mass is 10.0. The van der Waals surface area contributed by atoms with Crippen LogP contribution < -0.4 is 10.5 Å². The largest absolute Gasteiger partial charge is 0.492 e. The smallest absolute Gasteiger partial charge is 0.133 e. The van der Waals surface area contributed by atoms with Gasteiger partial charge in [0, 0.05) is 5.54 Å². The minimum Gasteiger partial charge on any atom is -0.492 e. The quantitative estimate of drug-likeness (QED) is 0.901. The van der Waals surface area contributed by atoms with E-state index < -0.39 is 0 Å². The molecule has 3 heteroatoms. The Kier molecular flexibility index (Phi) is 3.96. The lowest BCUT2D eigenvalue weighted by molar-refractivity contribution is 0.273. The van der Waals surface area contributed by atoms with E-state index in [1.807, 2.05) is 38.1 Å². The topological polar surface area (TPSA) is 35.2 Å². The van der Waals surface area contributed by atoms with Crippen LogP contribution in [0.3, 0.4) is 0 Å². The lowest BCUT2D eigenvalue weighted by Gasteiger charge is -2.18. The number of hydrogen-bond acceptors (Lipinski definition) is 2. The Bertz CT molecular complexity index is 294. The highest BCUT2D eigenvalue weighted by Gasteiger charge is 2.10. The second-order valence-corrected chi connectivity index (χ2v) is 4.87. The third-order valence-corrected chi connectivity index (χ3v) is 2.50. The van der Waals surface area contributed by atoms with Crippen LogP contribution in [0.5, 0.6) is 5.75 Å². The van der Waals surface area contributed by atoms with Gasteiger partial charge in [0.1, 0.15) is 5.75 Å². The number of nitrogens with two attached hydrogens (primary N) is 1. The van der Waals surface area contributed by atoms with Crippen LogP contribution in [0.1, 0.15) is 20.3 Å². The number of ether oxygens (including phenoxy) is 1. The molecule has 0 unspecified atom stereocenters. The molecule has 0 heterocycles. The first-order valence-corrected chi connectivity index (χ1v) is 5.44. The zero-order valence-electron chi connectivity index (χ0n) is 8.59. The molecule has 0 aliphatic heterocycles. The monoisotopic (exact) mass is 257 g/mol. The van der Waals surface area contributed by atoms with E-state index in [9.17, 15) is 0 Å². The Balaban J connectivity index is 2.43. The molecule has 1 aromatic rings. The predicted molar refractivity (Wildman–Crippen MR) is 62.5 cm³/mol. The van der Waals surface area contributed by atoms with Crippen molar-refractivity contribution in [1.29, 1.82) is 0 Å². The Labute approximate surface area is 93.6 Å². The van der Waals surface area contributed by atoms with Crippen molar-refractivity contribution in [3.63, 3.8) is 0 Å². The summed E-state index contributed by atoms with van der Waals surface area (Å²) in [5.74, 6) is 0.872. The van der Waals surface area contributed by atoms with E-state index in [1.165, 1.54) is 0 Å². The molecule has 0 saturated carbocycles. The minimum atomic E-state index is -0.165. The molecule has 1 rings (SSSR count). The van der Waals surface area contributed by atoms with Crippen LogP contribution in [0.15, 0.2) is 28.7 Å². The van der Waals surface area contributed by atoms with E-state index in [0.29, 0.717) is 6.61 Å². The van der Waals surface area contributed by atoms with Crippen LogP contribution in [0.4, 0.5) is 0 Å². The molecule has 0 aromatic heterocycles. The number of halogens is 1. The van der Waals surface area contributed by atoms with E-state index in [4.69, 9.17) is 10.5 Å². The van der Waals surface area contributed by atoms with Gasteiger partial charge >= 0.3 is 0 Å². The van der Waals surface area contributed by atoms with Gasteiger partial charge in [0.05, 0.1) is 11.1 Å². The summed E-state index contributed by atoms with van der Waals surface area (Å²) in [4.78, 5) is 0. The van der Waals surface area contributed by atoms with Crippen molar-refractivity contribution >= 4 is 15.9 Å². The maximum atomic E-state index is 5.85. The standard InChI is InChI=1S/C11H16BrNO/c1-11(2,13)7-8-14-10-6-4-3-5-9(10)12/h3-6H,7-8,13H2,1-2H3. The third kappa shape index (κ3) is 4.11. The molecule has 0 saturated heterocycles. The average Bonchev–Trinajstić information content (AvgIpc) is 2.06. The average molecular weight is 258 g/mol. The van der Waals surface area contributed by atoms with Gasteiger partial charge in [0.15, 0.2) is 0 Å². The van der Waals surface area contributed by atoms with Gasteiger partial charge < -0.3 is 10.5 Å². The fourth-order valence-electron chi connectivity index (χ4n) is 0.986. The number of para-hydroxylation sites is 1. The van der Waals surface area contributed by atoms with E-state index in [2.05, 4.69) is 15.9 Å². The summed E-state index contributed by atoms with van der Waals surface area (Å²) in [6, 6.07) is 7.81. The lowest BCUT2D eigenvalue weighted by Crippen LogP contribution is -2.33. The molecule has 14 heavy (non-hydrogen) atoms. The van der Waals surface area contributed by atoms with Gasteiger partial charge in [-0.2, -0.15) is 0 Å². The van der Waals surface area contributed by atoms with Crippen molar-refractivity contribution in [1.82, 2.24) is 0 Å². The van der Waals surface area contributed by atoms with Crippen LogP contribution in [0.2, 0.25) is 0 Å². The molecule has 0 spiro atoms. The molecular formula is C11H16BrNO. The fraction of sp³-hybridized carbons (Fsp3) is 0.455. The Morgan fingerprint density at radius 1 is 1.36 bits per heavy atom. The molecule has 0 fully saturated rings. The SMILES string of the molecule is CC(C)(N)CCOc1ccccc1Br. The van der Waals surface area contributed by atoms with Crippen molar-refractivity contribution < 1.29 is 4.74 Å². The van der Waals surface area contributed by atoms with Crippen LogP contribution in [-0.2, 0) is 0 Å². The molecule has 2 nitrogen and oxygen atoms in total. The predicted octanol–water partition coefficient (Wildman–Crippen LogP) is 2.96. The first-order chi connectivity index (χ1) is 6.49. The van der Waals surface area contributed by atoms with E-state index in [0.717, 1.165) is 16.6 Å². The van der Waals surface area contributed by atoms with Gasteiger partial charge in [-0.3, -0.25) is 0 Å². The first-order valence-electron chi connectivity index (χ1n) is 4.65. The molecule has 2 N–H and O–H groups in total. The fourth-order valence-corrected chi connectivity index (χ4v) is 1.39. The number of rotatable bonds is 4. The normalized spacial score (nSPS) is 11.4. The summed E-state index contributed by atoms with van der Waals surface area (Å²) in [5.41, 5.74) is 5.68. The third-order valence-electron chi connectivity index (χ3n) is 1.84. The zero-order chi connectivity index (χ0) is 10.6. The van der Waals surface area contributed by atoms with Crippen LogP contribution in [0, 0.1) is 0 Å². The van der Waals surface area contributed by atoms with Crippen molar-refractivity contribution in [2.75, 3.05) is 6.61 Å². The van der Waals surface area contributed by atoms with Gasteiger partial charge in [0.2, 0.25) is 0 Å². The molecule has 0 aliphatic carbocycles. The second kappa shape index (κ2) is 4.80. The van der Waals surface area contributed by atoms with Crippen LogP contribution in [-0.4, -0.2) is 12.1 Å². The summed E-state index contributed by atoms with van der Waals surface area (Å²) < 4.78 is 6.57. The number of hydrogen-bond donors (Lipinski definition) is 1. The van der Waals surface area contributed by atoms with Crippen molar-refractivity contribution in [3.8, 4) is 5.75 Å². The second-order valence-electron chi connectivity index (χ2n) is 4.02. The van der Waals surface area contributed by atoms with Gasteiger partial charge in [-0.25, -0.2) is 0 Å². The maximum Gasteiger partial charge on any atom is 0.133 e. The van der Waals surface area contributed by atoms with E-state index >= 15 is 0 Å². The molecule has 1 aromatic carbocycles.